The van der Waals surface area contributed by atoms with Crippen molar-refractivity contribution in [3.05, 3.63) is 95.8 Å². The average Bonchev–Trinajstić information content (AvgIpc) is 3.54. The van der Waals surface area contributed by atoms with Crippen LogP contribution in [0.4, 0.5) is 0 Å². The zero-order valence-electron chi connectivity index (χ0n) is 19.1. The Hall–Kier alpha value is -4.20. The van der Waals surface area contributed by atoms with E-state index in [1.54, 1.807) is 6.20 Å². The summed E-state index contributed by atoms with van der Waals surface area (Å²) in [6, 6.07) is 20.8. The van der Waals surface area contributed by atoms with Crippen molar-refractivity contribution in [1.82, 2.24) is 40.4 Å². The Labute approximate surface area is 198 Å². The van der Waals surface area contributed by atoms with Crippen molar-refractivity contribution in [1.29, 1.82) is 0 Å². The van der Waals surface area contributed by atoms with Crippen LogP contribution in [-0.4, -0.2) is 40.4 Å². The van der Waals surface area contributed by atoms with E-state index in [1.807, 2.05) is 18.3 Å². The van der Waals surface area contributed by atoms with Gasteiger partial charge in [0.15, 0.2) is 11.6 Å². The van der Waals surface area contributed by atoms with Crippen LogP contribution in [0.15, 0.2) is 73.1 Å². The van der Waals surface area contributed by atoms with E-state index in [4.69, 9.17) is 10.1 Å². The molecule has 0 fully saturated rings. The Kier molecular flexibility index (Phi) is 6.47. The zero-order valence-corrected chi connectivity index (χ0v) is 19.1. The molecule has 34 heavy (non-hydrogen) atoms. The molecule has 3 heterocycles. The van der Waals surface area contributed by atoms with Crippen LogP contribution in [-0.2, 0) is 19.4 Å². The van der Waals surface area contributed by atoms with E-state index in [0.29, 0.717) is 12.4 Å². The highest BCUT2D eigenvalue weighted by atomic mass is 15.5. The molecule has 3 aromatic heterocycles. The zero-order chi connectivity index (χ0) is 23.2. The molecular formula is C26H26N8. The SMILES string of the molecule is CCCCc1nc(Cc2ccccc2)nn1Cc1ccc(-c2cnccc2-c2nnn[nH]2)cc1. The van der Waals surface area contributed by atoms with Crippen molar-refractivity contribution < 1.29 is 0 Å². The van der Waals surface area contributed by atoms with Gasteiger partial charge in [0.1, 0.15) is 5.82 Å². The second-order valence-corrected chi connectivity index (χ2v) is 8.24. The van der Waals surface area contributed by atoms with Crippen molar-refractivity contribution in [2.75, 3.05) is 0 Å². The molecule has 0 bridgehead atoms. The van der Waals surface area contributed by atoms with Crippen molar-refractivity contribution in [2.24, 2.45) is 0 Å². The maximum atomic E-state index is 4.87. The molecule has 0 aliphatic rings. The predicted molar refractivity (Wildman–Crippen MR) is 130 cm³/mol. The lowest BCUT2D eigenvalue weighted by Crippen LogP contribution is -2.07. The van der Waals surface area contributed by atoms with E-state index in [9.17, 15) is 0 Å². The monoisotopic (exact) mass is 450 g/mol. The van der Waals surface area contributed by atoms with Crippen molar-refractivity contribution in [2.45, 2.75) is 39.2 Å². The quantitative estimate of drug-likeness (QED) is 0.355. The Morgan fingerprint density at radius 1 is 0.912 bits per heavy atom. The molecule has 0 saturated heterocycles. The highest BCUT2D eigenvalue weighted by Gasteiger charge is 2.13. The number of H-pyrrole nitrogens is 1. The molecule has 5 aromatic rings. The number of unbranched alkanes of at least 4 members (excludes halogenated alkanes) is 1. The van der Waals surface area contributed by atoms with Gasteiger partial charge in [0, 0.05) is 36.4 Å². The Balaban J connectivity index is 1.38. The Bertz CT molecular complexity index is 1330. The average molecular weight is 451 g/mol. The number of rotatable bonds is 9. The Morgan fingerprint density at radius 3 is 2.53 bits per heavy atom. The minimum atomic E-state index is 0.621. The van der Waals surface area contributed by atoms with E-state index < -0.39 is 0 Å². The first-order valence-electron chi connectivity index (χ1n) is 11.5. The summed E-state index contributed by atoms with van der Waals surface area (Å²) in [6.07, 6.45) is 7.48. The van der Waals surface area contributed by atoms with Gasteiger partial charge in [0.2, 0.25) is 0 Å². The van der Waals surface area contributed by atoms with E-state index in [-0.39, 0.29) is 0 Å². The van der Waals surface area contributed by atoms with Crippen LogP contribution in [0.5, 0.6) is 0 Å². The summed E-state index contributed by atoms with van der Waals surface area (Å²) in [6.45, 7) is 2.89. The molecule has 8 nitrogen and oxygen atoms in total. The van der Waals surface area contributed by atoms with Gasteiger partial charge in [-0.3, -0.25) is 4.98 Å². The van der Waals surface area contributed by atoms with Crippen molar-refractivity contribution in [3.8, 4) is 22.5 Å². The molecule has 0 radical (unpaired) electrons. The molecule has 0 aliphatic carbocycles. The largest absolute Gasteiger partial charge is 0.264 e. The molecule has 0 spiro atoms. The first-order valence-corrected chi connectivity index (χ1v) is 11.5. The normalized spacial score (nSPS) is 11.1. The van der Waals surface area contributed by atoms with Gasteiger partial charge in [-0.15, -0.1) is 5.10 Å². The number of hydrogen-bond donors (Lipinski definition) is 1. The molecule has 0 saturated carbocycles. The van der Waals surface area contributed by atoms with Gasteiger partial charge in [-0.2, -0.15) is 5.10 Å². The molecule has 0 unspecified atom stereocenters. The third-order valence-corrected chi connectivity index (χ3v) is 5.77. The minimum Gasteiger partial charge on any atom is -0.264 e. The number of aromatic nitrogens is 8. The summed E-state index contributed by atoms with van der Waals surface area (Å²) in [7, 11) is 0. The summed E-state index contributed by atoms with van der Waals surface area (Å²) < 4.78 is 2.05. The number of nitrogens with one attached hydrogen (secondary N) is 1. The second-order valence-electron chi connectivity index (χ2n) is 8.24. The fourth-order valence-electron chi connectivity index (χ4n) is 3.99. The summed E-state index contributed by atoms with van der Waals surface area (Å²) in [4.78, 5) is 9.16. The maximum absolute atomic E-state index is 4.87. The summed E-state index contributed by atoms with van der Waals surface area (Å²) >= 11 is 0. The van der Waals surface area contributed by atoms with Crippen LogP contribution in [0.3, 0.4) is 0 Å². The van der Waals surface area contributed by atoms with Gasteiger partial charge in [-0.25, -0.2) is 14.8 Å². The minimum absolute atomic E-state index is 0.621. The second kappa shape index (κ2) is 10.2. The molecular weight excluding hydrogens is 424 g/mol. The maximum Gasteiger partial charge on any atom is 0.180 e. The molecule has 0 atom stereocenters. The highest BCUT2D eigenvalue weighted by Crippen LogP contribution is 2.29. The van der Waals surface area contributed by atoms with E-state index in [1.165, 1.54) is 11.1 Å². The molecule has 170 valence electrons. The number of benzene rings is 2. The molecule has 0 amide bonds. The highest BCUT2D eigenvalue weighted by molar-refractivity contribution is 5.79. The summed E-state index contributed by atoms with van der Waals surface area (Å²) in [5.41, 5.74) is 5.33. The molecule has 2 aromatic carbocycles. The lowest BCUT2D eigenvalue weighted by Gasteiger charge is -2.09. The molecule has 0 aliphatic heterocycles. The first-order chi connectivity index (χ1) is 16.8. The van der Waals surface area contributed by atoms with Gasteiger partial charge in [-0.1, -0.05) is 67.9 Å². The fourth-order valence-corrected chi connectivity index (χ4v) is 3.99. The van der Waals surface area contributed by atoms with Crippen LogP contribution in [0, 0.1) is 0 Å². The van der Waals surface area contributed by atoms with Gasteiger partial charge >= 0.3 is 0 Å². The van der Waals surface area contributed by atoms with Crippen molar-refractivity contribution >= 4 is 0 Å². The third kappa shape index (κ3) is 4.91. The number of tetrazole rings is 1. The van der Waals surface area contributed by atoms with Crippen molar-refractivity contribution in [3.63, 3.8) is 0 Å². The smallest absolute Gasteiger partial charge is 0.180 e. The van der Waals surface area contributed by atoms with Gasteiger partial charge in [0.25, 0.3) is 0 Å². The van der Waals surface area contributed by atoms with E-state index >= 15 is 0 Å². The summed E-state index contributed by atoms with van der Waals surface area (Å²) in [5.74, 6) is 2.54. The third-order valence-electron chi connectivity index (χ3n) is 5.77. The standard InChI is InChI=1S/C26H26N8/c1-2-3-9-25-28-24(16-19-7-5-4-6-8-19)31-34(25)18-20-10-12-21(13-11-20)23-17-27-15-14-22(23)26-29-32-33-30-26/h4-8,10-15,17H,2-3,9,16,18H2,1H3,(H,29,30,32,33). The number of pyridine rings is 1. The number of nitrogens with zero attached hydrogens (tertiary/aromatic N) is 7. The van der Waals surface area contributed by atoms with Crippen LogP contribution >= 0.6 is 0 Å². The van der Waals surface area contributed by atoms with Gasteiger partial charge in [0.05, 0.1) is 6.54 Å². The molecule has 8 heteroatoms. The summed E-state index contributed by atoms with van der Waals surface area (Å²) in [5, 5.41) is 19.1. The van der Waals surface area contributed by atoms with Crippen LogP contribution in [0.25, 0.3) is 22.5 Å². The van der Waals surface area contributed by atoms with Gasteiger partial charge < -0.3 is 0 Å². The van der Waals surface area contributed by atoms with E-state index in [0.717, 1.165) is 54.0 Å². The van der Waals surface area contributed by atoms with Crippen LogP contribution < -0.4 is 0 Å². The molecule has 5 rings (SSSR count). The lowest BCUT2D eigenvalue weighted by molar-refractivity contribution is 0.615. The number of hydrogen-bond acceptors (Lipinski definition) is 6. The van der Waals surface area contributed by atoms with Gasteiger partial charge in [-0.05, 0) is 39.6 Å². The topological polar surface area (TPSA) is 98.1 Å². The van der Waals surface area contributed by atoms with Crippen LogP contribution in [0.1, 0.15) is 42.5 Å². The molecule has 1 N–H and O–H groups in total. The first kappa shape index (κ1) is 21.6. The predicted octanol–water partition coefficient (Wildman–Crippen LogP) is 4.50. The lowest BCUT2D eigenvalue weighted by atomic mass is 10.0. The van der Waals surface area contributed by atoms with E-state index in [2.05, 4.69) is 85.7 Å². The van der Waals surface area contributed by atoms with Crippen LogP contribution in [0.2, 0.25) is 0 Å². The number of aromatic amines is 1. The Morgan fingerprint density at radius 2 is 1.76 bits per heavy atom. The fraction of sp³-hybridized carbons (Fsp3) is 0.231. The number of aryl methyl sites for hydroxylation is 1.